The summed E-state index contributed by atoms with van der Waals surface area (Å²) in [6.45, 7) is 11.8. The summed E-state index contributed by atoms with van der Waals surface area (Å²) in [6.07, 6.45) is 8.52. The van der Waals surface area contributed by atoms with Gasteiger partial charge in [0, 0.05) is 62.6 Å². The van der Waals surface area contributed by atoms with Crippen molar-refractivity contribution in [3.63, 3.8) is 0 Å². The lowest BCUT2D eigenvalue weighted by molar-refractivity contribution is -0.171. The van der Waals surface area contributed by atoms with E-state index in [4.69, 9.17) is 14.2 Å². The minimum Gasteiger partial charge on any atom is -0.458 e. The van der Waals surface area contributed by atoms with Gasteiger partial charge in [-0.15, -0.1) is 0 Å². The molecular weight excluding hydrogens is 576 g/mol. The molecular formula is C34H48N4O7. The van der Waals surface area contributed by atoms with Crippen LogP contribution < -0.4 is 0 Å². The van der Waals surface area contributed by atoms with Gasteiger partial charge in [0.05, 0.1) is 23.7 Å². The molecule has 0 aromatic carbocycles. The zero-order chi connectivity index (χ0) is 32.9. The Morgan fingerprint density at radius 1 is 1.09 bits per heavy atom. The molecule has 0 spiro atoms. The van der Waals surface area contributed by atoms with Crippen molar-refractivity contribution in [2.75, 3.05) is 13.7 Å². The topological polar surface area (TPSA) is 130 Å². The first-order chi connectivity index (χ1) is 21.3. The standard InChI is InChI=1S/C34H48N4O7/c1-8-28-34(6)30(24(4)29(40)22(2)18-33(5,43-7)14-13-27(39)23(3)31(41)44-28)38(32(42)45-34)17-10-9-16-37-20-26(36-21-37)25-12-11-15-35-19-25/h11-12,15,19-24,28,30H,8-10,13-14,16-18H2,1-7H3/t22-,23?,24?,28-,30?,33+,34-/m1/s1. The molecule has 4 rings (SSSR count). The Balaban J connectivity index is 1.56. The first-order valence-corrected chi connectivity index (χ1v) is 16.1. The van der Waals surface area contributed by atoms with E-state index in [-0.39, 0.29) is 18.0 Å². The van der Waals surface area contributed by atoms with Gasteiger partial charge in [-0.3, -0.25) is 19.4 Å². The highest BCUT2D eigenvalue weighted by atomic mass is 16.6. The van der Waals surface area contributed by atoms with Crippen molar-refractivity contribution in [2.45, 2.75) is 110 Å². The second-order valence-corrected chi connectivity index (χ2v) is 13.1. The van der Waals surface area contributed by atoms with Crippen LogP contribution in [0.4, 0.5) is 4.79 Å². The lowest BCUT2D eigenvalue weighted by Crippen LogP contribution is -2.57. The Hall–Kier alpha value is -3.60. The summed E-state index contributed by atoms with van der Waals surface area (Å²) in [5.41, 5.74) is -0.257. The molecule has 11 heteroatoms. The van der Waals surface area contributed by atoms with Crippen LogP contribution in [-0.2, 0) is 35.1 Å². The zero-order valence-corrected chi connectivity index (χ0v) is 27.7. The number of amides is 1. The lowest BCUT2D eigenvalue weighted by atomic mass is 9.75. The molecule has 2 aliphatic heterocycles. The summed E-state index contributed by atoms with van der Waals surface area (Å²) in [4.78, 5) is 64.0. The monoisotopic (exact) mass is 624 g/mol. The van der Waals surface area contributed by atoms with Crippen LogP contribution in [0.15, 0.2) is 37.1 Å². The second-order valence-electron chi connectivity index (χ2n) is 13.1. The molecule has 2 aromatic heterocycles. The van der Waals surface area contributed by atoms with Crippen LogP contribution in [0.5, 0.6) is 0 Å². The average Bonchev–Trinajstić information content (AvgIpc) is 3.61. The first-order valence-electron chi connectivity index (χ1n) is 16.1. The number of pyridine rings is 1. The first kappa shape index (κ1) is 34.3. The summed E-state index contributed by atoms with van der Waals surface area (Å²) in [6, 6.07) is 3.15. The Bertz CT molecular complexity index is 1360. The quantitative estimate of drug-likeness (QED) is 0.219. The van der Waals surface area contributed by atoms with Crippen molar-refractivity contribution in [3.05, 3.63) is 37.1 Å². The Kier molecular flexibility index (Phi) is 10.8. The Morgan fingerprint density at radius 2 is 1.82 bits per heavy atom. The third-order valence-electron chi connectivity index (χ3n) is 9.76. The maximum atomic E-state index is 14.0. The van der Waals surface area contributed by atoms with E-state index in [2.05, 4.69) is 9.97 Å². The average molecular weight is 625 g/mol. The summed E-state index contributed by atoms with van der Waals surface area (Å²) < 4.78 is 19.8. The molecule has 2 aliphatic rings. The number of hydrogen-bond acceptors (Lipinski definition) is 9. The molecule has 3 unspecified atom stereocenters. The van der Waals surface area contributed by atoms with Crippen molar-refractivity contribution < 1.29 is 33.4 Å². The van der Waals surface area contributed by atoms with Gasteiger partial charge in [-0.05, 0) is 65.0 Å². The normalized spacial score (nSPS) is 31.7. The zero-order valence-electron chi connectivity index (χ0n) is 27.7. The third kappa shape index (κ3) is 7.45. The van der Waals surface area contributed by atoms with Crippen LogP contribution in [0.1, 0.15) is 80.1 Å². The van der Waals surface area contributed by atoms with E-state index < -0.39 is 53.2 Å². The Morgan fingerprint density at radius 3 is 2.49 bits per heavy atom. The van der Waals surface area contributed by atoms with Gasteiger partial charge in [-0.1, -0.05) is 20.8 Å². The highest BCUT2D eigenvalue weighted by Crippen LogP contribution is 2.42. The predicted octanol–water partition coefficient (Wildman–Crippen LogP) is 5.26. The van der Waals surface area contributed by atoms with Gasteiger partial charge < -0.3 is 23.7 Å². The molecule has 7 atom stereocenters. The number of carbonyl (C=O) groups excluding carboxylic acids is 4. The largest absolute Gasteiger partial charge is 0.458 e. The second kappa shape index (κ2) is 14.2. The van der Waals surface area contributed by atoms with Gasteiger partial charge in [0.25, 0.3) is 0 Å². The molecule has 2 saturated heterocycles. The highest BCUT2D eigenvalue weighted by molar-refractivity contribution is 5.98. The molecule has 1 amide bonds. The van der Waals surface area contributed by atoms with Crippen LogP contribution in [0.2, 0.25) is 0 Å². The van der Waals surface area contributed by atoms with Crippen molar-refractivity contribution in [1.82, 2.24) is 19.4 Å². The third-order valence-corrected chi connectivity index (χ3v) is 9.76. The van der Waals surface area contributed by atoms with Crippen molar-refractivity contribution in [1.29, 1.82) is 0 Å². The number of esters is 1. The fourth-order valence-electron chi connectivity index (χ4n) is 6.93. The number of cyclic esters (lactones) is 1. The summed E-state index contributed by atoms with van der Waals surface area (Å²) in [5.74, 6) is -2.92. The molecule has 0 bridgehead atoms. The van der Waals surface area contributed by atoms with Crippen molar-refractivity contribution in [2.24, 2.45) is 17.8 Å². The highest BCUT2D eigenvalue weighted by Gasteiger charge is 2.59. The number of nitrogens with zero attached hydrogens (tertiary/aromatic N) is 4. The van der Waals surface area contributed by atoms with Crippen molar-refractivity contribution in [3.8, 4) is 11.3 Å². The van der Waals surface area contributed by atoms with Gasteiger partial charge in [-0.2, -0.15) is 0 Å². The van der Waals surface area contributed by atoms with Crippen LogP contribution in [0.25, 0.3) is 11.3 Å². The van der Waals surface area contributed by atoms with E-state index in [1.165, 1.54) is 0 Å². The fraction of sp³-hybridized carbons (Fsp3) is 0.647. The van der Waals surface area contributed by atoms with Crippen LogP contribution >= 0.6 is 0 Å². The van der Waals surface area contributed by atoms with E-state index in [0.717, 1.165) is 17.7 Å². The molecule has 0 N–H and O–H groups in total. The maximum absolute atomic E-state index is 14.0. The molecule has 2 fully saturated rings. The molecule has 246 valence electrons. The number of ketones is 2. The molecule has 0 saturated carbocycles. The van der Waals surface area contributed by atoms with Crippen molar-refractivity contribution >= 4 is 23.6 Å². The summed E-state index contributed by atoms with van der Waals surface area (Å²) in [5, 5.41) is 0. The minimum atomic E-state index is -1.29. The number of unbranched alkanes of at least 4 members (excludes halogenated alkanes) is 1. The van der Waals surface area contributed by atoms with Gasteiger partial charge in [-0.25, -0.2) is 9.78 Å². The van der Waals surface area contributed by atoms with E-state index >= 15 is 0 Å². The predicted molar refractivity (Wildman–Crippen MR) is 167 cm³/mol. The van der Waals surface area contributed by atoms with Crippen LogP contribution in [0.3, 0.4) is 0 Å². The number of ether oxygens (including phenoxy) is 3. The summed E-state index contributed by atoms with van der Waals surface area (Å²) in [7, 11) is 1.57. The van der Waals surface area contributed by atoms with E-state index in [0.29, 0.717) is 38.8 Å². The van der Waals surface area contributed by atoms with E-state index in [9.17, 15) is 19.2 Å². The number of aryl methyl sites for hydroxylation is 1. The van der Waals surface area contributed by atoms with Gasteiger partial charge in [0.1, 0.15) is 23.6 Å². The fourth-order valence-corrected chi connectivity index (χ4v) is 6.93. The smallest absolute Gasteiger partial charge is 0.410 e. The molecule has 4 heterocycles. The molecule has 11 nitrogen and oxygen atoms in total. The number of imidazole rings is 1. The molecule has 0 aliphatic carbocycles. The number of hydrogen-bond donors (Lipinski definition) is 0. The number of aromatic nitrogens is 3. The number of rotatable bonds is 8. The number of methoxy groups -OCH3 is 1. The van der Waals surface area contributed by atoms with Gasteiger partial charge in [0.15, 0.2) is 5.60 Å². The minimum absolute atomic E-state index is 0.0305. The van der Waals surface area contributed by atoms with E-state index in [1.807, 2.05) is 50.6 Å². The number of carbonyl (C=O) groups is 4. The van der Waals surface area contributed by atoms with Gasteiger partial charge in [0.2, 0.25) is 0 Å². The van der Waals surface area contributed by atoms with E-state index in [1.54, 1.807) is 44.6 Å². The number of fused-ring (bicyclic) bond motifs is 1. The summed E-state index contributed by atoms with van der Waals surface area (Å²) >= 11 is 0. The molecule has 45 heavy (non-hydrogen) atoms. The Labute approximate surface area is 266 Å². The molecule has 2 aromatic rings. The number of Topliss-reactive ketones (excluding diaryl/α,β-unsaturated/α-hetero) is 2. The maximum Gasteiger partial charge on any atom is 0.410 e. The lowest BCUT2D eigenvalue weighted by Gasteiger charge is -2.41. The van der Waals surface area contributed by atoms with Gasteiger partial charge >= 0.3 is 12.1 Å². The molecule has 0 radical (unpaired) electrons. The SMILES string of the molecule is CC[C@H]1OC(=O)C(C)C(=O)CC[C@](C)(OC)C[C@@H](C)C(=O)C(C)C2N(CCCCn3cnc(-c4cccnc4)c3)C(=O)O[C@@]21C. The van der Waals surface area contributed by atoms with Crippen LogP contribution in [0, 0.1) is 17.8 Å². The van der Waals surface area contributed by atoms with Crippen LogP contribution in [-0.4, -0.2) is 80.1 Å².